The van der Waals surface area contributed by atoms with E-state index in [4.69, 9.17) is 0 Å². The number of fused-ring (bicyclic) bond motifs is 1. The number of rotatable bonds is 0. The molecule has 2 rings (SSSR count). The second-order valence-electron chi connectivity index (χ2n) is 2.76. The summed E-state index contributed by atoms with van der Waals surface area (Å²) in [5.74, 6) is 0. The molecule has 56 valence electrons. The number of hydrogen-bond donors (Lipinski definition) is 1. The monoisotopic (exact) mass is 146 g/mol. The molecule has 0 amide bonds. The molecular formula is C9H10N2. The summed E-state index contributed by atoms with van der Waals surface area (Å²) in [6.45, 7) is 3.00. The Morgan fingerprint density at radius 2 is 2.45 bits per heavy atom. The summed E-state index contributed by atoms with van der Waals surface area (Å²) in [5.41, 5.74) is 3.78. The Hall–Kier alpha value is -1.31. The van der Waals surface area contributed by atoms with E-state index < -0.39 is 0 Å². The number of hydrogen-bond acceptors (Lipinski definition) is 2. The number of nitrogens with one attached hydrogen (secondary N) is 1. The minimum absolute atomic E-state index is 0.931. The van der Waals surface area contributed by atoms with E-state index >= 15 is 0 Å². The molecule has 0 aromatic carbocycles. The Kier molecular flexibility index (Phi) is 1.39. The maximum atomic E-state index is 4.06. The molecule has 1 aromatic heterocycles. The lowest BCUT2D eigenvalue weighted by Gasteiger charge is -2.14. The van der Waals surface area contributed by atoms with Crippen molar-refractivity contribution in [2.75, 3.05) is 0 Å². The molecule has 0 bridgehead atoms. The van der Waals surface area contributed by atoms with Gasteiger partial charge in [0, 0.05) is 24.6 Å². The molecule has 1 aliphatic heterocycles. The standard InChI is InChI=1S/C9H10N2/c1-7-4-9-5-10-3-2-8(9)6-11-7/h2-5,11H,6H2,1H3. The van der Waals surface area contributed by atoms with Gasteiger partial charge in [0.1, 0.15) is 0 Å². The van der Waals surface area contributed by atoms with E-state index in [9.17, 15) is 0 Å². The summed E-state index contributed by atoms with van der Waals surface area (Å²) < 4.78 is 0. The maximum absolute atomic E-state index is 4.06. The molecule has 2 heterocycles. The molecule has 2 heteroatoms. The molecule has 1 aromatic rings. The molecule has 0 atom stereocenters. The Labute approximate surface area is 66.0 Å². The summed E-state index contributed by atoms with van der Waals surface area (Å²) in [5, 5.41) is 3.27. The molecule has 11 heavy (non-hydrogen) atoms. The van der Waals surface area contributed by atoms with Crippen molar-refractivity contribution in [3.05, 3.63) is 35.3 Å². The zero-order valence-electron chi connectivity index (χ0n) is 6.46. The second-order valence-corrected chi connectivity index (χ2v) is 2.76. The molecule has 0 radical (unpaired) electrons. The van der Waals surface area contributed by atoms with Crippen molar-refractivity contribution in [2.24, 2.45) is 0 Å². The van der Waals surface area contributed by atoms with Crippen molar-refractivity contribution in [2.45, 2.75) is 13.5 Å². The van der Waals surface area contributed by atoms with Crippen LogP contribution in [0.4, 0.5) is 0 Å². The first-order valence-corrected chi connectivity index (χ1v) is 3.71. The third kappa shape index (κ3) is 1.11. The van der Waals surface area contributed by atoms with E-state index in [1.807, 2.05) is 18.5 Å². The van der Waals surface area contributed by atoms with Crippen LogP contribution in [0.5, 0.6) is 0 Å². The highest BCUT2D eigenvalue weighted by molar-refractivity contribution is 5.56. The van der Waals surface area contributed by atoms with E-state index in [0.717, 1.165) is 6.54 Å². The van der Waals surface area contributed by atoms with Gasteiger partial charge >= 0.3 is 0 Å². The fraction of sp³-hybridized carbons (Fsp3) is 0.222. The van der Waals surface area contributed by atoms with Crippen LogP contribution in [0.2, 0.25) is 0 Å². The van der Waals surface area contributed by atoms with Crippen LogP contribution in [0, 0.1) is 0 Å². The van der Waals surface area contributed by atoms with Crippen LogP contribution in [-0.2, 0) is 6.54 Å². The van der Waals surface area contributed by atoms with Gasteiger partial charge < -0.3 is 5.32 Å². The lowest BCUT2D eigenvalue weighted by atomic mass is 10.1. The molecule has 0 saturated carbocycles. The molecule has 1 aliphatic rings. The molecular weight excluding hydrogens is 136 g/mol. The van der Waals surface area contributed by atoms with Gasteiger partial charge in [-0.3, -0.25) is 4.98 Å². The van der Waals surface area contributed by atoms with Gasteiger partial charge in [0.15, 0.2) is 0 Å². The Bertz CT molecular complexity index is 302. The van der Waals surface area contributed by atoms with Crippen LogP contribution in [0.3, 0.4) is 0 Å². The van der Waals surface area contributed by atoms with Gasteiger partial charge in [-0.2, -0.15) is 0 Å². The summed E-state index contributed by atoms with van der Waals surface area (Å²) in [7, 11) is 0. The van der Waals surface area contributed by atoms with Crippen LogP contribution in [0.1, 0.15) is 18.1 Å². The first kappa shape index (κ1) is 6.40. The van der Waals surface area contributed by atoms with Gasteiger partial charge in [0.25, 0.3) is 0 Å². The van der Waals surface area contributed by atoms with Crippen molar-refractivity contribution in [3.8, 4) is 0 Å². The molecule has 0 aliphatic carbocycles. The molecule has 0 spiro atoms. The number of aromatic nitrogens is 1. The third-order valence-corrected chi connectivity index (χ3v) is 1.88. The van der Waals surface area contributed by atoms with Crippen molar-refractivity contribution in [1.29, 1.82) is 0 Å². The summed E-state index contributed by atoms with van der Waals surface area (Å²) >= 11 is 0. The summed E-state index contributed by atoms with van der Waals surface area (Å²) in [4.78, 5) is 4.06. The lowest BCUT2D eigenvalue weighted by molar-refractivity contribution is 0.800. The number of allylic oxidation sites excluding steroid dienone is 1. The molecule has 0 fully saturated rings. The summed E-state index contributed by atoms with van der Waals surface area (Å²) in [6.07, 6.45) is 5.85. The van der Waals surface area contributed by atoms with E-state index in [2.05, 4.69) is 23.3 Å². The highest BCUT2D eigenvalue weighted by atomic mass is 14.9. The highest BCUT2D eigenvalue weighted by Gasteiger charge is 2.04. The van der Waals surface area contributed by atoms with Crippen molar-refractivity contribution < 1.29 is 0 Å². The topological polar surface area (TPSA) is 24.9 Å². The Morgan fingerprint density at radius 3 is 3.36 bits per heavy atom. The van der Waals surface area contributed by atoms with E-state index in [-0.39, 0.29) is 0 Å². The smallest absolute Gasteiger partial charge is 0.0404 e. The van der Waals surface area contributed by atoms with Crippen LogP contribution >= 0.6 is 0 Å². The van der Waals surface area contributed by atoms with E-state index in [1.165, 1.54) is 16.8 Å². The van der Waals surface area contributed by atoms with Gasteiger partial charge in [0.05, 0.1) is 0 Å². The average molecular weight is 146 g/mol. The number of nitrogens with zero attached hydrogens (tertiary/aromatic N) is 1. The largest absolute Gasteiger partial charge is 0.384 e. The Balaban J connectivity index is 2.51. The number of pyridine rings is 1. The summed E-state index contributed by atoms with van der Waals surface area (Å²) in [6, 6.07) is 2.05. The van der Waals surface area contributed by atoms with Gasteiger partial charge in [-0.05, 0) is 30.2 Å². The van der Waals surface area contributed by atoms with Crippen molar-refractivity contribution >= 4 is 6.08 Å². The van der Waals surface area contributed by atoms with E-state index in [1.54, 1.807) is 0 Å². The zero-order valence-corrected chi connectivity index (χ0v) is 6.46. The third-order valence-electron chi connectivity index (χ3n) is 1.88. The first-order chi connectivity index (χ1) is 5.36. The molecule has 1 N–H and O–H groups in total. The quantitative estimate of drug-likeness (QED) is 0.600. The molecule has 2 nitrogen and oxygen atoms in total. The van der Waals surface area contributed by atoms with Gasteiger partial charge in [-0.15, -0.1) is 0 Å². The second kappa shape index (κ2) is 2.38. The fourth-order valence-electron chi connectivity index (χ4n) is 1.25. The SMILES string of the molecule is CC1=Cc2cnccc2CN1. The van der Waals surface area contributed by atoms with Crippen LogP contribution in [-0.4, -0.2) is 4.98 Å². The van der Waals surface area contributed by atoms with Crippen LogP contribution < -0.4 is 5.32 Å². The zero-order chi connectivity index (χ0) is 7.68. The van der Waals surface area contributed by atoms with Gasteiger partial charge in [-0.25, -0.2) is 0 Å². The minimum atomic E-state index is 0.931. The molecule has 0 unspecified atom stereocenters. The van der Waals surface area contributed by atoms with Crippen molar-refractivity contribution in [1.82, 2.24) is 10.3 Å². The first-order valence-electron chi connectivity index (χ1n) is 3.71. The lowest BCUT2D eigenvalue weighted by Crippen LogP contribution is -2.15. The van der Waals surface area contributed by atoms with Crippen LogP contribution in [0.15, 0.2) is 24.2 Å². The molecule has 0 saturated heterocycles. The highest BCUT2D eigenvalue weighted by Crippen LogP contribution is 2.15. The predicted molar refractivity (Wildman–Crippen MR) is 44.7 cm³/mol. The average Bonchev–Trinajstić information content (AvgIpc) is 2.04. The van der Waals surface area contributed by atoms with Gasteiger partial charge in [0.2, 0.25) is 0 Å². The normalized spacial score (nSPS) is 14.8. The van der Waals surface area contributed by atoms with Gasteiger partial charge in [-0.1, -0.05) is 0 Å². The van der Waals surface area contributed by atoms with Crippen LogP contribution in [0.25, 0.3) is 6.08 Å². The van der Waals surface area contributed by atoms with E-state index in [0.29, 0.717) is 0 Å². The minimum Gasteiger partial charge on any atom is -0.384 e. The fourth-order valence-corrected chi connectivity index (χ4v) is 1.25. The van der Waals surface area contributed by atoms with Crippen molar-refractivity contribution in [3.63, 3.8) is 0 Å². The maximum Gasteiger partial charge on any atom is 0.0404 e. The predicted octanol–water partition coefficient (Wildman–Crippen LogP) is 1.55. The Morgan fingerprint density at radius 1 is 1.55 bits per heavy atom.